The third kappa shape index (κ3) is 4.61. The predicted molar refractivity (Wildman–Crippen MR) is 113 cm³/mol. The van der Waals surface area contributed by atoms with Crippen molar-refractivity contribution in [2.24, 2.45) is 17.3 Å². The molecule has 5 heteroatoms. The molecule has 0 aromatic heterocycles. The standard InChI is InChI=1S/C25H28O5/c1-5-9-18-16(2)21(14-20(18)26)30-24(28)23-19(25(23,3)4)12-13-22(27)29-15-17-10-7-6-8-11-17/h5-8,10-13,19,21,23H,1,9,14-15H2,2-4H3/t19-,21-,23-/m0/s1. The molecular formula is C25H28O5. The van der Waals surface area contributed by atoms with E-state index in [0.29, 0.717) is 12.0 Å². The first-order valence-corrected chi connectivity index (χ1v) is 10.2. The van der Waals surface area contributed by atoms with Crippen LogP contribution >= 0.6 is 0 Å². The molecule has 3 atom stereocenters. The van der Waals surface area contributed by atoms with Gasteiger partial charge < -0.3 is 9.47 Å². The summed E-state index contributed by atoms with van der Waals surface area (Å²) >= 11 is 0. The zero-order valence-corrected chi connectivity index (χ0v) is 17.7. The SMILES string of the molecule is C=CCC1=C(C)[C@@H](OC(=O)[C@@H]2[C@H](C=CC(=O)OCc3ccccc3)C2(C)C)CC1=O. The van der Waals surface area contributed by atoms with Gasteiger partial charge in [0.15, 0.2) is 5.78 Å². The Morgan fingerprint density at radius 3 is 2.60 bits per heavy atom. The van der Waals surface area contributed by atoms with E-state index in [1.54, 1.807) is 12.2 Å². The van der Waals surface area contributed by atoms with Gasteiger partial charge in [0.05, 0.1) is 12.3 Å². The summed E-state index contributed by atoms with van der Waals surface area (Å²) in [5.74, 6) is -1.21. The van der Waals surface area contributed by atoms with Crippen LogP contribution in [0.25, 0.3) is 0 Å². The molecule has 2 aliphatic carbocycles. The van der Waals surface area contributed by atoms with E-state index in [1.807, 2.05) is 51.1 Å². The van der Waals surface area contributed by atoms with Crippen LogP contribution in [-0.2, 0) is 30.5 Å². The lowest BCUT2D eigenvalue weighted by Crippen LogP contribution is -2.20. The maximum Gasteiger partial charge on any atom is 0.330 e. The summed E-state index contributed by atoms with van der Waals surface area (Å²) in [6.45, 7) is 9.65. The Labute approximate surface area is 177 Å². The fourth-order valence-corrected chi connectivity index (χ4v) is 4.07. The van der Waals surface area contributed by atoms with Crippen LogP contribution in [0, 0.1) is 17.3 Å². The van der Waals surface area contributed by atoms with E-state index in [1.165, 1.54) is 6.08 Å². The largest absolute Gasteiger partial charge is 0.458 e. The minimum Gasteiger partial charge on any atom is -0.458 e. The molecule has 0 amide bonds. The molecule has 1 aromatic rings. The van der Waals surface area contributed by atoms with Gasteiger partial charge in [0.25, 0.3) is 0 Å². The second-order valence-electron chi connectivity index (χ2n) is 8.48. The number of ether oxygens (including phenoxy) is 2. The normalized spacial score (nSPS) is 24.8. The zero-order valence-electron chi connectivity index (χ0n) is 17.7. The van der Waals surface area contributed by atoms with Gasteiger partial charge in [-0.1, -0.05) is 56.3 Å². The molecule has 0 bridgehead atoms. The zero-order chi connectivity index (χ0) is 21.9. The van der Waals surface area contributed by atoms with Crippen LogP contribution in [0.2, 0.25) is 0 Å². The molecule has 1 saturated carbocycles. The predicted octanol–water partition coefficient (Wildman–Crippen LogP) is 4.34. The van der Waals surface area contributed by atoms with E-state index in [0.717, 1.165) is 11.1 Å². The second-order valence-corrected chi connectivity index (χ2v) is 8.48. The van der Waals surface area contributed by atoms with Crippen molar-refractivity contribution >= 4 is 17.7 Å². The molecule has 0 saturated heterocycles. The summed E-state index contributed by atoms with van der Waals surface area (Å²) in [6, 6.07) is 9.45. The van der Waals surface area contributed by atoms with Crippen molar-refractivity contribution in [3.8, 4) is 0 Å². The lowest BCUT2D eigenvalue weighted by Gasteiger charge is -2.13. The third-order valence-corrected chi connectivity index (χ3v) is 6.10. The van der Waals surface area contributed by atoms with E-state index < -0.39 is 12.1 Å². The molecule has 0 radical (unpaired) electrons. The highest BCUT2D eigenvalue weighted by atomic mass is 16.5. The van der Waals surface area contributed by atoms with Crippen molar-refractivity contribution in [1.29, 1.82) is 0 Å². The van der Waals surface area contributed by atoms with Crippen LogP contribution < -0.4 is 0 Å². The minimum absolute atomic E-state index is 0.0119. The summed E-state index contributed by atoms with van der Waals surface area (Å²) in [5, 5.41) is 0. The van der Waals surface area contributed by atoms with Crippen molar-refractivity contribution in [1.82, 2.24) is 0 Å². The maximum absolute atomic E-state index is 12.7. The Morgan fingerprint density at radius 2 is 1.93 bits per heavy atom. The van der Waals surface area contributed by atoms with E-state index in [-0.39, 0.29) is 42.0 Å². The highest BCUT2D eigenvalue weighted by Gasteiger charge is 2.61. The monoisotopic (exact) mass is 408 g/mol. The number of ketones is 1. The Kier molecular flexibility index (Phi) is 6.40. The fraction of sp³-hybridized carbons (Fsp3) is 0.400. The van der Waals surface area contributed by atoms with Gasteiger partial charge in [-0.25, -0.2) is 4.79 Å². The van der Waals surface area contributed by atoms with Gasteiger partial charge in [0.2, 0.25) is 0 Å². The average Bonchev–Trinajstić information content (AvgIpc) is 3.18. The number of benzene rings is 1. The molecule has 1 aromatic carbocycles. The minimum atomic E-state index is -0.503. The van der Waals surface area contributed by atoms with Gasteiger partial charge in [-0.05, 0) is 35.8 Å². The lowest BCUT2D eigenvalue weighted by atomic mass is 10.1. The van der Waals surface area contributed by atoms with E-state index >= 15 is 0 Å². The molecule has 1 fully saturated rings. The molecule has 0 aliphatic heterocycles. The molecule has 0 unspecified atom stereocenters. The molecule has 30 heavy (non-hydrogen) atoms. The number of allylic oxidation sites excluding steroid dienone is 3. The van der Waals surface area contributed by atoms with Crippen molar-refractivity contribution < 1.29 is 23.9 Å². The highest BCUT2D eigenvalue weighted by Crippen LogP contribution is 2.59. The van der Waals surface area contributed by atoms with Gasteiger partial charge in [0.1, 0.15) is 12.7 Å². The summed E-state index contributed by atoms with van der Waals surface area (Å²) in [6.07, 6.45) is 4.98. The highest BCUT2D eigenvalue weighted by molar-refractivity contribution is 6.00. The topological polar surface area (TPSA) is 69.7 Å². The molecule has 2 aliphatic rings. The Hall–Kier alpha value is -2.95. The molecule has 3 rings (SSSR count). The lowest BCUT2D eigenvalue weighted by molar-refractivity contribution is -0.150. The van der Waals surface area contributed by atoms with Gasteiger partial charge in [0, 0.05) is 11.6 Å². The summed E-state index contributed by atoms with van der Waals surface area (Å²) in [7, 11) is 0. The van der Waals surface area contributed by atoms with Gasteiger partial charge >= 0.3 is 11.9 Å². The van der Waals surface area contributed by atoms with Crippen molar-refractivity contribution in [3.63, 3.8) is 0 Å². The van der Waals surface area contributed by atoms with Crippen molar-refractivity contribution in [2.75, 3.05) is 0 Å². The van der Waals surface area contributed by atoms with Crippen LogP contribution in [-0.4, -0.2) is 23.8 Å². The molecule has 158 valence electrons. The number of Topliss-reactive ketones (excluding diaryl/α,β-unsaturated/α-hetero) is 1. The fourth-order valence-electron chi connectivity index (χ4n) is 4.07. The van der Waals surface area contributed by atoms with Crippen LogP contribution in [0.3, 0.4) is 0 Å². The first kappa shape index (κ1) is 21.8. The molecule has 0 heterocycles. The van der Waals surface area contributed by atoms with Crippen LogP contribution in [0.15, 0.2) is 66.3 Å². The first-order valence-electron chi connectivity index (χ1n) is 10.2. The molecule has 5 nitrogen and oxygen atoms in total. The number of carbonyl (C=O) groups is 3. The van der Waals surface area contributed by atoms with E-state index in [9.17, 15) is 14.4 Å². The van der Waals surface area contributed by atoms with Crippen LogP contribution in [0.4, 0.5) is 0 Å². The van der Waals surface area contributed by atoms with E-state index in [2.05, 4.69) is 6.58 Å². The second kappa shape index (κ2) is 8.82. The smallest absolute Gasteiger partial charge is 0.330 e. The number of carbonyl (C=O) groups excluding carboxylic acids is 3. The number of hydrogen-bond donors (Lipinski definition) is 0. The van der Waals surface area contributed by atoms with Crippen molar-refractivity contribution in [3.05, 3.63) is 71.8 Å². The molecule has 0 spiro atoms. The van der Waals surface area contributed by atoms with Gasteiger partial charge in [-0.3, -0.25) is 9.59 Å². The van der Waals surface area contributed by atoms with Gasteiger partial charge in [-0.2, -0.15) is 0 Å². The van der Waals surface area contributed by atoms with Crippen LogP contribution in [0.5, 0.6) is 0 Å². The number of hydrogen-bond acceptors (Lipinski definition) is 5. The Balaban J connectivity index is 1.55. The number of esters is 2. The molecule has 0 N–H and O–H groups in total. The molecular weight excluding hydrogens is 380 g/mol. The Morgan fingerprint density at radius 1 is 1.23 bits per heavy atom. The third-order valence-electron chi connectivity index (χ3n) is 6.10. The number of rotatable bonds is 8. The quantitative estimate of drug-likeness (QED) is 0.364. The maximum atomic E-state index is 12.7. The van der Waals surface area contributed by atoms with Gasteiger partial charge in [-0.15, -0.1) is 6.58 Å². The first-order chi connectivity index (χ1) is 14.3. The van der Waals surface area contributed by atoms with E-state index in [4.69, 9.17) is 9.47 Å². The van der Waals surface area contributed by atoms with Crippen LogP contribution in [0.1, 0.15) is 39.2 Å². The summed E-state index contributed by atoms with van der Waals surface area (Å²) in [5.41, 5.74) is 2.11. The Bertz CT molecular complexity index is 907. The average molecular weight is 408 g/mol. The summed E-state index contributed by atoms with van der Waals surface area (Å²) in [4.78, 5) is 36.9. The van der Waals surface area contributed by atoms with Crippen molar-refractivity contribution in [2.45, 2.75) is 46.3 Å². The summed E-state index contributed by atoms with van der Waals surface area (Å²) < 4.78 is 10.9.